The Hall–Kier alpha value is -1.32. The first-order chi connectivity index (χ1) is 9.20. The summed E-state index contributed by atoms with van der Waals surface area (Å²) in [5.41, 5.74) is 2.61. The summed E-state index contributed by atoms with van der Waals surface area (Å²) in [6.45, 7) is 2.13. The first kappa shape index (κ1) is 14.1. The lowest BCUT2D eigenvalue weighted by atomic mass is 10.0. The molecule has 1 N–H and O–H groups in total. The number of rotatable bonds is 5. The minimum Gasteiger partial charge on any atom is -0.312 e. The van der Waals surface area contributed by atoms with Gasteiger partial charge in [-0.3, -0.25) is 0 Å². The van der Waals surface area contributed by atoms with Crippen molar-refractivity contribution >= 4 is 11.8 Å². The maximum atomic E-state index is 12.8. The van der Waals surface area contributed by atoms with Gasteiger partial charge >= 0.3 is 0 Å². The van der Waals surface area contributed by atoms with Gasteiger partial charge in [-0.05, 0) is 49.4 Å². The predicted octanol–water partition coefficient (Wildman–Crippen LogP) is 4.19. The Morgan fingerprint density at radius 1 is 1.11 bits per heavy atom. The SMILES string of the molecule is CNC(CSc1ccc(F)cc1)c1ccccc1C. The van der Waals surface area contributed by atoms with Gasteiger partial charge < -0.3 is 5.32 Å². The van der Waals surface area contributed by atoms with Crippen molar-refractivity contribution in [1.29, 1.82) is 0 Å². The van der Waals surface area contributed by atoms with Gasteiger partial charge in [0.15, 0.2) is 0 Å². The van der Waals surface area contributed by atoms with E-state index in [0.29, 0.717) is 6.04 Å². The summed E-state index contributed by atoms with van der Waals surface area (Å²) in [6.07, 6.45) is 0. The molecule has 1 atom stereocenters. The molecule has 0 radical (unpaired) electrons. The van der Waals surface area contributed by atoms with E-state index in [1.165, 1.54) is 23.3 Å². The Morgan fingerprint density at radius 2 is 1.79 bits per heavy atom. The summed E-state index contributed by atoms with van der Waals surface area (Å²) in [4.78, 5) is 1.09. The molecule has 2 rings (SSSR count). The van der Waals surface area contributed by atoms with E-state index >= 15 is 0 Å². The second-order valence-electron chi connectivity index (χ2n) is 4.46. The minimum atomic E-state index is -0.187. The molecule has 2 aromatic rings. The van der Waals surface area contributed by atoms with Gasteiger partial charge in [0, 0.05) is 16.7 Å². The topological polar surface area (TPSA) is 12.0 Å². The summed E-state index contributed by atoms with van der Waals surface area (Å²) in [5.74, 6) is 0.737. The van der Waals surface area contributed by atoms with Gasteiger partial charge in [0.1, 0.15) is 5.82 Å². The molecule has 0 aliphatic carbocycles. The van der Waals surface area contributed by atoms with E-state index in [0.717, 1.165) is 10.6 Å². The van der Waals surface area contributed by atoms with Gasteiger partial charge in [0.05, 0.1) is 0 Å². The van der Waals surface area contributed by atoms with Crippen LogP contribution < -0.4 is 5.32 Å². The van der Waals surface area contributed by atoms with Gasteiger partial charge in [0.25, 0.3) is 0 Å². The highest BCUT2D eigenvalue weighted by atomic mass is 32.2. The summed E-state index contributed by atoms with van der Waals surface area (Å²) in [6, 6.07) is 15.4. The predicted molar refractivity (Wildman–Crippen MR) is 80.1 cm³/mol. The van der Waals surface area contributed by atoms with Crippen LogP contribution in [0.3, 0.4) is 0 Å². The molecule has 0 amide bonds. The third-order valence-corrected chi connectivity index (χ3v) is 4.25. The van der Waals surface area contributed by atoms with Crippen molar-refractivity contribution in [1.82, 2.24) is 5.32 Å². The Bertz CT molecular complexity index is 525. The highest BCUT2D eigenvalue weighted by molar-refractivity contribution is 7.99. The molecule has 0 aliphatic rings. The van der Waals surface area contributed by atoms with Crippen molar-refractivity contribution in [3.8, 4) is 0 Å². The van der Waals surface area contributed by atoms with E-state index in [9.17, 15) is 4.39 Å². The summed E-state index contributed by atoms with van der Waals surface area (Å²) in [5, 5.41) is 3.35. The minimum absolute atomic E-state index is 0.187. The molecule has 3 heteroatoms. The molecule has 0 fully saturated rings. The van der Waals surface area contributed by atoms with Crippen molar-refractivity contribution in [2.75, 3.05) is 12.8 Å². The van der Waals surface area contributed by atoms with Crippen molar-refractivity contribution in [3.05, 3.63) is 65.5 Å². The zero-order valence-electron chi connectivity index (χ0n) is 11.2. The van der Waals surface area contributed by atoms with E-state index in [4.69, 9.17) is 0 Å². The lowest BCUT2D eigenvalue weighted by molar-refractivity contribution is 0.626. The molecule has 100 valence electrons. The molecule has 0 saturated heterocycles. The summed E-state index contributed by atoms with van der Waals surface area (Å²) < 4.78 is 12.8. The smallest absolute Gasteiger partial charge is 0.123 e. The van der Waals surface area contributed by atoms with Crippen molar-refractivity contribution in [2.24, 2.45) is 0 Å². The maximum Gasteiger partial charge on any atom is 0.123 e. The number of nitrogens with one attached hydrogen (secondary N) is 1. The van der Waals surface area contributed by atoms with E-state index in [-0.39, 0.29) is 5.82 Å². The lowest BCUT2D eigenvalue weighted by Gasteiger charge is -2.18. The molecule has 1 unspecified atom stereocenters. The van der Waals surface area contributed by atoms with Crippen molar-refractivity contribution < 1.29 is 4.39 Å². The standard InChI is InChI=1S/C16H18FNS/c1-12-5-3-4-6-15(12)16(18-2)11-19-14-9-7-13(17)8-10-14/h3-10,16,18H,11H2,1-2H3. The van der Waals surface area contributed by atoms with Crippen LogP contribution in [0.25, 0.3) is 0 Å². The van der Waals surface area contributed by atoms with Gasteiger partial charge in [0.2, 0.25) is 0 Å². The summed E-state index contributed by atoms with van der Waals surface area (Å²) >= 11 is 1.74. The van der Waals surface area contributed by atoms with Crippen LogP contribution in [-0.4, -0.2) is 12.8 Å². The molecule has 0 saturated carbocycles. The first-order valence-electron chi connectivity index (χ1n) is 6.32. The monoisotopic (exact) mass is 275 g/mol. The highest BCUT2D eigenvalue weighted by Crippen LogP contribution is 2.26. The molecule has 19 heavy (non-hydrogen) atoms. The molecular weight excluding hydrogens is 257 g/mol. The Kier molecular flexibility index (Phi) is 5.00. The quantitative estimate of drug-likeness (QED) is 0.821. The summed E-state index contributed by atoms with van der Waals surface area (Å²) in [7, 11) is 1.97. The van der Waals surface area contributed by atoms with E-state index in [1.54, 1.807) is 11.8 Å². The van der Waals surface area contributed by atoms with Gasteiger partial charge in [-0.25, -0.2) is 4.39 Å². The van der Waals surface area contributed by atoms with E-state index in [1.807, 2.05) is 19.2 Å². The van der Waals surface area contributed by atoms with Crippen LogP contribution >= 0.6 is 11.8 Å². The van der Waals surface area contributed by atoms with Crippen LogP contribution in [0, 0.1) is 12.7 Å². The average Bonchev–Trinajstić information content (AvgIpc) is 2.43. The van der Waals surface area contributed by atoms with Crippen LogP contribution in [0.4, 0.5) is 4.39 Å². The van der Waals surface area contributed by atoms with Crippen molar-refractivity contribution in [3.63, 3.8) is 0 Å². The molecule has 0 aliphatic heterocycles. The molecule has 2 aromatic carbocycles. The number of halogens is 1. The van der Waals surface area contributed by atoms with Gasteiger partial charge in [-0.1, -0.05) is 24.3 Å². The Balaban J connectivity index is 2.04. The van der Waals surface area contributed by atoms with Crippen LogP contribution in [0.2, 0.25) is 0 Å². The number of hydrogen-bond donors (Lipinski definition) is 1. The second-order valence-corrected chi connectivity index (χ2v) is 5.56. The molecule has 1 nitrogen and oxygen atoms in total. The fraction of sp³-hybridized carbons (Fsp3) is 0.250. The van der Waals surface area contributed by atoms with E-state index < -0.39 is 0 Å². The zero-order valence-corrected chi connectivity index (χ0v) is 12.0. The number of aryl methyl sites for hydroxylation is 1. The fourth-order valence-electron chi connectivity index (χ4n) is 2.02. The molecular formula is C16H18FNS. The van der Waals surface area contributed by atoms with Crippen LogP contribution in [0.1, 0.15) is 17.2 Å². The molecule has 0 spiro atoms. The highest BCUT2D eigenvalue weighted by Gasteiger charge is 2.11. The van der Waals surface area contributed by atoms with Crippen molar-refractivity contribution in [2.45, 2.75) is 17.9 Å². The lowest BCUT2D eigenvalue weighted by Crippen LogP contribution is -2.19. The maximum absolute atomic E-state index is 12.8. The van der Waals surface area contributed by atoms with Gasteiger partial charge in [-0.2, -0.15) is 0 Å². The third kappa shape index (κ3) is 3.82. The Morgan fingerprint density at radius 3 is 2.42 bits per heavy atom. The normalized spacial score (nSPS) is 12.4. The molecule has 0 heterocycles. The van der Waals surface area contributed by atoms with E-state index in [2.05, 4.69) is 36.5 Å². The largest absolute Gasteiger partial charge is 0.312 e. The van der Waals surface area contributed by atoms with Crippen LogP contribution in [0.5, 0.6) is 0 Å². The van der Waals surface area contributed by atoms with Gasteiger partial charge in [-0.15, -0.1) is 11.8 Å². The molecule has 0 aromatic heterocycles. The first-order valence-corrected chi connectivity index (χ1v) is 7.30. The fourth-order valence-corrected chi connectivity index (χ4v) is 3.05. The Labute approximate surface area is 118 Å². The zero-order chi connectivity index (χ0) is 13.7. The van der Waals surface area contributed by atoms with Crippen LogP contribution in [0.15, 0.2) is 53.4 Å². The average molecular weight is 275 g/mol. The van der Waals surface area contributed by atoms with Crippen LogP contribution in [-0.2, 0) is 0 Å². The second kappa shape index (κ2) is 6.73. The molecule has 0 bridgehead atoms. The number of thioether (sulfide) groups is 1. The third-order valence-electron chi connectivity index (χ3n) is 3.14. The number of benzene rings is 2. The number of hydrogen-bond acceptors (Lipinski definition) is 2.